The highest BCUT2D eigenvalue weighted by atomic mass is 19.1. The molecule has 1 atom stereocenters. The van der Waals surface area contributed by atoms with Gasteiger partial charge in [0.05, 0.1) is 11.6 Å². The topological polar surface area (TPSA) is 38.9 Å². The van der Waals surface area contributed by atoms with Gasteiger partial charge in [0.25, 0.3) is 0 Å². The summed E-state index contributed by atoms with van der Waals surface area (Å²) in [6, 6.07) is 8.87. The monoisotopic (exact) mass is 288 g/mol. The molecule has 0 amide bonds. The Kier molecular flexibility index (Phi) is 3.35. The van der Waals surface area contributed by atoms with Crippen LogP contribution in [0, 0.1) is 17.5 Å². The Morgan fingerprint density at radius 3 is 2.38 bits per heavy atom. The van der Waals surface area contributed by atoms with Crippen molar-refractivity contribution in [3.63, 3.8) is 0 Å². The number of rotatable bonds is 2. The maximum absolute atomic E-state index is 13.9. The second kappa shape index (κ2) is 5.18. The molecule has 0 saturated carbocycles. The van der Waals surface area contributed by atoms with Gasteiger partial charge in [0.2, 0.25) is 0 Å². The zero-order valence-corrected chi connectivity index (χ0v) is 10.9. The lowest BCUT2D eigenvalue weighted by atomic mass is 9.95. The van der Waals surface area contributed by atoms with E-state index in [0.29, 0.717) is 28.6 Å². The number of pyridine rings is 1. The van der Waals surface area contributed by atoms with Crippen molar-refractivity contribution >= 4 is 10.9 Å². The minimum Gasteiger partial charge on any atom is -0.320 e. The fourth-order valence-electron chi connectivity index (χ4n) is 2.40. The summed E-state index contributed by atoms with van der Waals surface area (Å²) in [5, 5.41) is 0.704. The van der Waals surface area contributed by atoms with E-state index in [4.69, 9.17) is 5.73 Å². The van der Waals surface area contributed by atoms with Crippen molar-refractivity contribution in [2.75, 3.05) is 0 Å². The molecule has 2 N–H and O–H groups in total. The van der Waals surface area contributed by atoms with Crippen LogP contribution in [-0.4, -0.2) is 4.98 Å². The molecule has 0 fully saturated rings. The zero-order chi connectivity index (χ0) is 15.0. The Balaban J connectivity index is 2.20. The van der Waals surface area contributed by atoms with Crippen LogP contribution >= 0.6 is 0 Å². The molecule has 0 bridgehead atoms. The average molecular weight is 288 g/mol. The summed E-state index contributed by atoms with van der Waals surface area (Å²) in [7, 11) is 0. The number of nitrogens with two attached hydrogens (primary N) is 1. The molecule has 1 unspecified atom stereocenters. The normalized spacial score (nSPS) is 12.6. The van der Waals surface area contributed by atoms with Gasteiger partial charge in [0.15, 0.2) is 0 Å². The van der Waals surface area contributed by atoms with Crippen molar-refractivity contribution in [1.29, 1.82) is 0 Å². The molecule has 0 aliphatic heterocycles. The van der Waals surface area contributed by atoms with Gasteiger partial charge in [-0.05, 0) is 17.7 Å². The van der Waals surface area contributed by atoms with Gasteiger partial charge in [-0.2, -0.15) is 0 Å². The van der Waals surface area contributed by atoms with Crippen LogP contribution in [0.3, 0.4) is 0 Å². The summed E-state index contributed by atoms with van der Waals surface area (Å²) in [4.78, 5) is 4.17. The van der Waals surface area contributed by atoms with Crippen molar-refractivity contribution in [3.8, 4) is 0 Å². The third-order valence-electron chi connectivity index (χ3n) is 3.37. The number of hydrogen-bond donors (Lipinski definition) is 1. The van der Waals surface area contributed by atoms with Gasteiger partial charge in [-0.1, -0.05) is 18.2 Å². The third kappa shape index (κ3) is 2.36. The number of benzene rings is 2. The zero-order valence-electron chi connectivity index (χ0n) is 10.9. The Morgan fingerprint density at radius 2 is 1.67 bits per heavy atom. The van der Waals surface area contributed by atoms with Gasteiger partial charge in [0, 0.05) is 29.3 Å². The molecule has 0 spiro atoms. The lowest BCUT2D eigenvalue weighted by molar-refractivity contribution is 0.515. The van der Waals surface area contributed by atoms with Crippen LogP contribution in [0.15, 0.2) is 48.7 Å². The van der Waals surface area contributed by atoms with Crippen LogP contribution in [0.1, 0.15) is 17.2 Å². The van der Waals surface area contributed by atoms with Gasteiger partial charge >= 0.3 is 0 Å². The first kappa shape index (κ1) is 13.6. The Bertz CT molecular complexity index is 789. The van der Waals surface area contributed by atoms with Crippen molar-refractivity contribution in [1.82, 2.24) is 4.98 Å². The SMILES string of the molecule is NC(c1c(F)cc(F)cc1F)c1cccc2ncccc12. The molecule has 0 aliphatic rings. The number of hydrogen-bond acceptors (Lipinski definition) is 2. The molecular formula is C16H11F3N2. The Labute approximate surface area is 119 Å². The van der Waals surface area contributed by atoms with E-state index in [-0.39, 0.29) is 5.56 Å². The van der Waals surface area contributed by atoms with E-state index in [1.165, 1.54) is 0 Å². The van der Waals surface area contributed by atoms with E-state index < -0.39 is 23.5 Å². The van der Waals surface area contributed by atoms with E-state index in [9.17, 15) is 13.2 Å². The van der Waals surface area contributed by atoms with Crippen molar-refractivity contribution < 1.29 is 13.2 Å². The molecule has 1 heterocycles. The van der Waals surface area contributed by atoms with E-state index in [1.54, 1.807) is 36.5 Å². The predicted octanol–water partition coefficient (Wildman–Crippen LogP) is 3.70. The molecule has 21 heavy (non-hydrogen) atoms. The summed E-state index contributed by atoms with van der Waals surface area (Å²) >= 11 is 0. The van der Waals surface area contributed by atoms with Crippen LogP contribution in [0.5, 0.6) is 0 Å². The van der Waals surface area contributed by atoms with Crippen molar-refractivity contribution in [2.45, 2.75) is 6.04 Å². The third-order valence-corrected chi connectivity index (χ3v) is 3.37. The van der Waals surface area contributed by atoms with Gasteiger partial charge in [-0.25, -0.2) is 13.2 Å². The molecule has 2 aromatic carbocycles. The maximum atomic E-state index is 13.9. The standard InChI is InChI=1S/C16H11F3N2/c17-9-7-12(18)15(13(19)8-9)16(20)11-3-1-5-14-10(11)4-2-6-21-14/h1-8,16H,20H2. The number of halogens is 3. The summed E-state index contributed by atoms with van der Waals surface area (Å²) in [6.45, 7) is 0. The van der Waals surface area contributed by atoms with Crippen LogP contribution < -0.4 is 5.73 Å². The number of fused-ring (bicyclic) bond motifs is 1. The van der Waals surface area contributed by atoms with Crippen LogP contribution in [0.4, 0.5) is 13.2 Å². The molecule has 106 valence electrons. The minimum absolute atomic E-state index is 0.354. The largest absolute Gasteiger partial charge is 0.320 e. The summed E-state index contributed by atoms with van der Waals surface area (Å²) in [5.74, 6) is -2.97. The predicted molar refractivity (Wildman–Crippen MR) is 74.1 cm³/mol. The van der Waals surface area contributed by atoms with Crippen LogP contribution in [-0.2, 0) is 0 Å². The number of nitrogens with zero attached hydrogens (tertiary/aromatic N) is 1. The van der Waals surface area contributed by atoms with Crippen molar-refractivity contribution in [3.05, 3.63) is 77.2 Å². The van der Waals surface area contributed by atoms with E-state index in [1.807, 2.05) is 0 Å². The molecule has 2 nitrogen and oxygen atoms in total. The number of aromatic nitrogens is 1. The molecule has 0 aliphatic carbocycles. The van der Waals surface area contributed by atoms with Gasteiger partial charge in [-0.3, -0.25) is 4.98 Å². The molecular weight excluding hydrogens is 277 g/mol. The van der Waals surface area contributed by atoms with E-state index in [0.717, 1.165) is 0 Å². The van der Waals surface area contributed by atoms with Gasteiger partial charge in [-0.15, -0.1) is 0 Å². The van der Waals surface area contributed by atoms with Crippen molar-refractivity contribution in [2.24, 2.45) is 5.73 Å². The second-order valence-corrected chi connectivity index (χ2v) is 4.68. The summed E-state index contributed by atoms with van der Waals surface area (Å²) in [6.07, 6.45) is 1.62. The minimum atomic E-state index is -1.04. The second-order valence-electron chi connectivity index (χ2n) is 4.68. The molecule has 0 saturated heterocycles. The van der Waals surface area contributed by atoms with E-state index >= 15 is 0 Å². The molecule has 3 aromatic rings. The van der Waals surface area contributed by atoms with Crippen LogP contribution in [0.25, 0.3) is 10.9 Å². The first-order chi connectivity index (χ1) is 10.1. The first-order valence-electron chi connectivity index (χ1n) is 6.31. The lowest BCUT2D eigenvalue weighted by Gasteiger charge is -2.16. The van der Waals surface area contributed by atoms with E-state index in [2.05, 4.69) is 4.98 Å². The fourth-order valence-corrected chi connectivity index (χ4v) is 2.40. The quantitative estimate of drug-likeness (QED) is 0.781. The average Bonchev–Trinajstić information content (AvgIpc) is 2.45. The van der Waals surface area contributed by atoms with Gasteiger partial charge < -0.3 is 5.73 Å². The summed E-state index contributed by atoms with van der Waals surface area (Å²) < 4.78 is 40.7. The molecule has 3 rings (SSSR count). The lowest BCUT2D eigenvalue weighted by Crippen LogP contribution is -2.16. The molecule has 1 aromatic heterocycles. The van der Waals surface area contributed by atoms with Crippen LogP contribution in [0.2, 0.25) is 0 Å². The highest BCUT2D eigenvalue weighted by molar-refractivity contribution is 5.82. The highest BCUT2D eigenvalue weighted by Crippen LogP contribution is 2.29. The smallest absolute Gasteiger partial charge is 0.134 e. The Hall–Kier alpha value is -2.40. The molecule has 0 radical (unpaired) electrons. The Morgan fingerprint density at radius 1 is 0.952 bits per heavy atom. The van der Waals surface area contributed by atoms with Gasteiger partial charge in [0.1, 0.15) is 17.5 Å². The fraction of sp³-hybridized carbons (Fsp3) is 0.0625. The molecule has 5 heteroatoms. The first-order valence-corrected chi connectivity index (χ1v) is 6.31. The summed E-state index contributed by atoms with van der Waals surface area (Å²) in [5.41, 5.74) is 6.86. The maximum Gasteiger partial charge on any atom is 0.134 e. The highest BCUT2D eigenvalue weighted by Gasteiger charge is 2.21.